The van der Waals surface area contributed by atoms with Crippen molar-refractivity contribution in [2.45, 2.75) is 46.6 Å². The highest BCUT2D eigenvalue weighted by Crippen LogP contribution is 2.46. The molecule has 0 aliphatic carbocycles. The molecule has 1 aliphatic rings. The first kappa shape index (κ1) is 24.5. The van der Waals surface area contributed by atoms with Gasteiger partial charge in [0.15, 0.2) is 0 Å². The summed E-state index contributed by atoms with van der Waals surface area (Å²) in [4.78, 5) is 27.0. The molecular weight excluding hydrogens is 449 g/mol. The van der Waals surface area contributed by atoms with E-state index in [1.54, 1.807) is 13.0 Å². The summed E-state index contributed by atoms with van der Waals surface area (Å²) in [5, 5.41) is 1.70. The van der Waals surface area contributed by atoms with E-state index in [1.807, 2.05) is 38.1 Å². The summed E-state index contributed by atoms with van der Waals surface area (Å²) >= 11 is 0. The van der Waals surface area contributed by atoms with Crippen LogP contribution in [0, 0.1) is 5.82 Å². The normalized spacial score (nSPS) is 12.7. The van der Waals surface area contributed by atoms with Gasteiger partial charge >= 0.3 is 5.97 Å². The molecule has 0 N–H and O–H groups in total. The summed E-state index contributed by atoms with van der Waals surface area (Å²) in [6.07, 6.45) is 1.45. The Bertz CT molecular complexity index is 1260. The first-order valence-corrected chi connectivity index (χ1v) is 12.1. The van der Waals surface area contributed by atoms with Crippen molar-refractivity contribution < 1.29 is 28.2 Å². The van der Waals surface area contributed by atoms with Gasteiger partial charge < -0.3 is 19.1 Å². The second kappa shape index (κ2) is 10.8. The Morgan fingerprint density at radius 2 is 1.63 bits per heavy atom. The van der Waals surface area contributed by atoms with Gasteiger partial charge in [-0.2, -0.15) is 0 Å². The number of halogens is 1. The van der Waals surface area contributed by atoms with E-state index in [1.165, 1.54) is 17.0 Å². The van der Waals surface area contributed by atoms with Crippen LogP contribution >= 0.6 is 0 Å². The zero-order chi connectivity index (χ0) is 24.9. The van der Waals surface area contributed by atoms with Crippen molar-refractivity contribution in [3.63, 3.8) is 0 Å². The lowest BCUT2D eigenvalue weighted by Crippen LogP contribution is -2.23. The molecule has 0 fully saturated rings. The van der Waals surface area contributed by atoms with Crippen molar-refractivity contribution in [1.82, 2.24) is 0 Å². The van der Waals surface area contributed by atoms with Crippen molar-refractivity contribution in [1.29, 1.82) is 0 Å². The van der Waals surface area contributed by atoms with Crippen LogP contribution in [0.3, 0.4) is 0 Å². The van der Waals surface area contributed by atoms with Crippen LogP contribution in [0.25, 0.3) is 10.8 Å². The smallest absolute Gasteiger partial charge is 0.310 e. The highest BCUT2D eigenvalue weighted by molar-refractivity contribution is 6.16. The second-order valence-corrected chi connectivity index (χ2v) is 8.40. The molecule has 0 unspecified atom stereocenters. The van der Waals surface area contributed by atoms with Crippen molar-refractivity contribution in [2.24, 2.45) is 0 Å². The Balaban J connectivity index is 1.77. The van der Waals surface area contributed by atoms with Crippen LogP contribution in [0.15, 0.2) is 42.5 Å². The number of hydrogen-bond acceptors (Lipinski definition) is 5. The number of hydrogen-bond donors (Lipinski definition) is 0. The number of fused-ring (bicyclic) bond motifs is 2. The third-order valence-electron chi connectivity index (χ3n) is 5.88. The van der Waals surface area contributed by atoms with Gasteiger partial charge in [-0.3, -0.25) is 9.59 Å². The number of carbonyl (C=O) groups is 2. The van der Waals surface area contributed by atoms with Crippen LogP contribution in [0.1, 0.15) is 55.1 Å². The Labute approximate surface area is 204 Å². The lowest BCUT2D eigenvalue weighted by Gasteiger charge is -2.17. The van der Waals surface area contributed by atoms with Gasteiger partial charge in [0.2, 0.25) is 0 Å². The number of esters is 1. The lowest BCUT2D eigenvalue weighted by molar-refractivity contribution is -0.142. The minimum Gasteiger partial charge on any atom is -0.493 e. The number of ether oxygens (including phenoxy) is 3. The van der Waals surface area contributed by atoms with Gasteiger partial charge in [0, 0.05) is 22.0 Å². The van der Waals surface area contributed by atoms with Crippen LogP contribution in [-0.2, 0) is 22.5 Å². The van der Waals surface area contributed by atoms with E-state index in [9.17, 15) is 14.0 Å². The molecule has 3 aromatic rings. The number of amides is 1. The maximum atomic E-state index is 14.9. The molecule has 6 nitrogen and oxygen atoms in total. The van der Waals surface area contributed by atoms with E-state index in [0.717, 1.165) is 29.2 Å². The van der Waals surface area contributed by atoms with Gasteiger partial charge in [-0.25, -0.2) is 4.39 Å². The van der Waals surface area contributed by atoms with Crippen LogP contribution in [0.4, 0.5) is 10.1 Å². The third-order valence-corrected chi connectivity index (χ3v) is 5.88. The Morgan fingerprint density at radius 1 is 0.971 bits per heavy atom. The molecule has 35 heavy (non-hydrogen) atoms. The molecule has 3 aromatic carbocycles. The van der Waals surface area contributed by atoms with E-state index in [2.05, 4.69) is 0 Å². The lowest BCUT2D eigenvalue weighted by atomic mass is 9.99. The molecule has 4 rings (SSSR count). The highest BCUT2D eigenvalue weighted by Gasteiger charge is 2.37. The molecule has 0 saturated carbocycles. The van der Waals surface area contributed by atoms with E-state index in [0.29, 0.717) is 36.0 Å². The molecule has 0 aromatic heterocycles. The molecule has 7 heteroatoms. The van der Waals surface area contributed by atoms with Crippen molar-refractivity contribution in [3.05, 3.63) is 65.0 Å². The molecule has 1 aliphatic heterocycles. The third kappa shape index (κ3) is 4.81. The zero-order valence-electron chi connectivity index (χ0n) is 20.4. The number of anilines is 1. The van der Waals surface area contributed by atoms with Crippen molar-refractivity contribution >= 4 is 28.3 Å². The van der Waals surface area contributed by atoms with Gasteiger partial charge in [-0.15, -0.1) is 0 Å². The molecule has 0 radical (unpaired) electrons. The molecule has 1 heterocycles. The fourth-order valence-electron chi connectivity index (χ4n) is 4.32. The van der Waals surface area contributed by atoms with Crippen LogP contribution in [-0.4, -0.2) is 31.7 Å². The topological polar surface area (TPSA) is 65.1 Å². The fourth-order valence-corrected chi connectivity index (χ4v) is 4.32. The monoisotopic (exact) mass is 479 g/mol. The van der Waals surface area contributed by atoms with Crippen molar-refractivity contribution in [3.8, 4) is 11.5 Å². The van der Waals surface area contributed by atoms with Gasteiger partial charge in [0.25, 0.3) is 5.91 Å². The first-order valence-electron chi connectivity index (χ1n) is 12.1. The van der Waals surface area contributed by atoms with E-state index in [4.69, 9.17) is 14.2 Å². The number of rotatable bonds is 10. The SMILES string of the molecule is CCCOc1c2c(c(OCCC)c3ccccc13)C(=O)N(c1ccc(CC(=O)OCC)c(F)c1)C2. The molecule has 0 atom stereocenters. The predicted molar refractivity (Wildman–Crippen MR) is 133 cm³/mol. The molecule has 0 saturated heterocycles. The summed E-state index contributed by atoms with van der Waals surface area (Å²) in [5.74, 6) is -0.124. The van der Waals surface area contributed by atoms with Crippen LogP contribution in [0.2, 0.25) is 0 Å². The van der Waals surface area contributed by atoms with Gasteiger partial charge in [0.05, 0.1) is 38.3 Å². The number of benzene rings is 3. The zero-order valence-corrected chi connectivity index (χ0v) is 20.4. The maximum Gasteiger partial charge on any atom is 0.310 e. The maximum absolute atomic E-state index is 14.9. The van der Waals surface area contributed by atoms with Crippen LogP contribution in [0.5, 0.6) is 11.5 Å². The summed E-state index contributed by atoms with van der Waals surface area (Å²) in [5.41, 5.74) is 1.83. The first-order chi connectivity index (χ1) is 17.0. The summed E-state index contributed by atoms with van der Waals surface area (Å²) in [6.45, 7) is 7.19. The van der Waals surface area contributed by atoms with Gasteiger partial charge in [-0.05, 0) is 37.5 Å². The molecule has 184 valence electrons. The summed E-state index contributed by atoms with van der Waals surface area (Å²) in [6, 6.07) is 12.2. The predicted octanol–water partition coefficient (Wildman–Crippen LogP) is 5.82. The molecular formula is C28H30FNO5. The fraction of sp³-hybridized carbons (Fsp3) is 0.357. The Kier molecular flexibility index (Phi) is 7.54. The van der Waals surface area contributed by atoms with Crippen LogP contribution < -0.4 is 14.4 Å². The second-order valence-electron chi connectivity index (χ2n) is 8.40. The molecule has 0 bridgehead atoms. The van der Waals surface area contributed by atoms with E-state index >= 15 is 0 Å². The highest BCUT2D eigenvalue weighted by atomic mass is 19.1. The number of nitrogens with zero attached hydrogens (tertiary/aromatic N) is 1. The average Bonchev–Trinajstić information content (AvgIpc) is 3.19. The Hall–Kier alpha value is -3.61. The number of carbonyl (C=O) groups excluding carboxylic acids is 2. The van der Waals surface area contributed by atoms with Crippen molar-refractivity contribution in [2.75, 3.05) is 24.7 Å². The average molecular weight is 480 g/mol. The minimum absolute atomic E-state index is 0.163. The van der Waals surface area contributed by atoms with Gasteiger partial charge in [-0.1, -0.05) is 44.2 Å². The summed E-state index contributed by atoms with van der Waals surface area (Å²) in [7, 11) is 0. The molecule has 0 spiro atoms. The standard InChI is InChI=1S/C28H30FNO5/c1-4-13-34-26-20-9-7-8-10-21(20)27(35-14-5-2)25-22(26)17-30(28(25)32)19-12-11-18(23(29)16-19)15-24(31)33-6-3/h7-12,16H,4-6,13-15,17H2,1-3H3. The Morgan fingerprint density at radius 3 is 2.26 bits per heavy atom. The van der Waals surface area contributed by atoms with Gasteiger partial charge in [0.1, 0.15) is 17.3 Å². The van der Waals surface area contributed by atoms with E-state index in [-0.39, 0.29) is 31.0 Å². The van der Waals surface area contributed by atoms with E-state index < -0.39 is 11.8 Å². The largest absolute Gasteiger partial charge is 0.493 e. The quantitative estimate of drug-likeness (QED) is 0.343. The summed E-state index contributed by atoms with van der Waals surface area (Å²) < 4.78 is 32.1. The minimum atomic E-state index is -0.561. The molecule has 1 amide bonds.